The fourth-order valence-corrected chi connectivity index (χ4v) is 1.43. The Morgan fingerprint density at radius 3 is 2.36 bits per heavy atom. The summed E-state index contributed by atoms with van der Waals surface area (Å²) in [6.45, 7) is 1.30. The van der Waals surface area contributed by atoms with Gasteiger partial charge in [0.15, 0.2) is 0 Å². The summed E-state index contributed by atoms with van der Waals surface area (Å²) in [5, 5.41) is 2.46. The molecule has 2 atom stereocenters. The number of nitrogens with one attached hydrogen (secondary N) is 1. The van der Waals surface area contributed by atoms with Crippen LogP contribution in [0.2, 0.25) is 0 Å². The fourth-order valence-electron chi connectivity index (χ4n) is 1.43. The van der Waals surface area contributed by atoms with Gasteiger partial charge in [0.05, 0.1) is 0 Å². The van der Waals surface area contributed by atoms with Crippen LogP contribution in [0.15, 0.2) is 30.3 Å². The average Bonchev–Trinajstić information content (AvgIpc) is 2.43. The monoisotopic (exact) mass is 328 g/mol. The first-order valence-electron chi connectivity index (χ1n) is 6.07. The van der Waals surface area contributed by atoms with Crippen LogP contribution >= 0.6 is 0 Å². The standard InChI is InChI=1S/C13H15F3N2O3.Na.H/c1-8(21-12(20)13(14,15)16)10(17)11(19)18-7-9-5-3-2-4-6-9;;/h2-6,8,10H,7,17H2,1H3,(H,18,19);;/q;+1;-1/t8-,10+;;/m1../s1. The Balaban J connectivity index is 0. The number of hydrogen-bond acceptors (Lipinski definition) is 4. The third kappa shape index (κ3) is 6.78. The van der Waals surface area contributed by atoms with E-state index in [1.54, 1.807) is 30.3 Å². The summed E-state index contributed by atoms with van der Waals surface area (Å²) in [5.41, 5.74) is 6.26. The molecule has 0 radical (unpaired) electrons. The number of ether oxygens (including phenoxy) is 1. The van der Waals surface area contributed by atoms with Crippen LogP contribution in [0, 0.1) is 0 Å². The van der Waals surface area contributed by atoms with Crippen molar-refractivity contribution < 1.29 is 58.5 Å². The molecule has 3 N–H and O–H groups in total. The van der Waals surface area contributed by atoms with Crippen molar-refractivity contribution in [2.45, 2.75) is 31.8 Å². The van der Waals surface area contributed by atoms with E-state index in [-0.39, 0.29) is 37.5 Å². The first-order chi connectivity index (χ1) is 9.71. The largest absolute Gasteiger partial charge is 1.00 e. The number of halogens is 3. The van der Waals surface area contributed by atoms with Gasteiger partial charge in [-0.25, -0.2) is 4.79 Å². The number of rotatable bonds is 5. The van der Waals surface area contributed by atoms with Gasteiger partial charge in [0.25, 0.3) is 0 Å². The molecule has 22 heavy (non-hydrogen) atoms. The molecular weight excluding hydrogens is 312 g/mol. The van der Waals surface area contributed by atoms with Gasteiger partial charge >= 0.3 is 41.7 Å². The molecule has 1 rings (SSSR count). The van der Waals surface area contributed by atoms with Crippen molar-refractivity contribution in [2.24, 2.45) is 5.73 Å². The molecule has 0 aliphatic rings. The number of esters is 1. The summed E-state index contributed by atoms with van der Waals surface area (Å²) in [6.07, 6.45) is -6.51. The van der Waals surface area contributed by atoms with Crippen molar-refractivity contribution in [3.05, 3.63) is 35.9 Å². The molecule has 1 aromatic rings. The van der Waals surface area contributed by atoms with Crippen LogP contribution in [0.5, 0.6) is 0 Å². The van der Waals surface area contributed by atoms with Gasteiger partial charge in [0, 0.05) is 6.54 Å². The minimum absolute atomic E-state index is 0. The molecule has 0 saturated heterocycles. The average molecular weight is 328 g/mol. The van der Waals surface area contributed by atoms with E-state index < -0.39 is 30.2 Å². The molecule has 118 valence electrons. The van der Waals surface area contributed by atoms with E-state index in [0.717, 1.165) is 12.5 Å². The zero-order valence-electron chi connectivity index (χ0n) is 13.2. The minimum atomic E-state index is -5.12. The second kappa shape index (κ2) is 9.14. The molecule has 9 heteroatoms. The Hall–Kier alpha value is -1.09. The van der Waals surface area contributed by atoms with Gasteiger partial charge in [-0.2, -0.15) is 13.2 Å². The van der Waals surface area contributed by atoms with Crippen LogP contribution in [-0.2, 0) is 20.9 Å². The maximum atomic E-state index is 12.0. The van der Waals surface area contributed by atoms with Gasteiger partial charge in [-0.05, 0) is 12.5 Å². The van der Waals surface area contributed by atoms with Crippen LogP contribution in [0.1, 0.15) is 13.9 Å². The molecule has 0 saturated carbocycles. The van der Waals surface area contributed by atoms with E-state index in [4.69, 9.17) is 5.73 Å². The second-order valence-corrected chi connectivity index (χ2v) is 4.34. The Morgan fingerprint density at radius 2 is 1.86 bits per heavy atom. The van der Waals surface area contributed by atoms with Crippen molar-refractivity contribution in [1.82, 2.24) is 5.32 Å². The SMILES string of the molecule is C[C@@H](OC(=O)C(F)(F)F)[C@H](N)C(=O)NCc1ccccc1.[H-].[Na+]. The molecule has 0 spiro atoms. The topological polar surface area (TPSA) is 81.4 Å². The molecule has 0 aliphatic carbocycles. The van der Waals surface area contributed by atoms with Gasteiger partial charge in [-0.1, -0.05) is 30.3 Å². The summed E-state index contributed by atoms with van der Waals surface area (Å²) in [4.78, 5) is 22.3. The maximum absolute atomic E-state index is 12.0. The molecule has 0 fully saturated rings. The number of amides is 1. The van der Waals surface area contributed by atoms with Crippen LogP contribution in [-0.4, -0.2) is 30.2 Å². The Morgan fingerprint density at radius 1 is 1.32 bits per heavy atom. The van der Waals surface area contributed by atoms with E-state index in [0.29, 0.717) is 0 Å². The molecule has 1 amide bonds. The van der Waals surface area contributed by atoms with E-state index in [1.807, 2.05) is 0 Å². The molecule has 0 unspecified atom stereocenters. The van der Waals surface area contributed by atoms with E-state index >= 15 is 0 Å². The molecule has 0 aromatic heterocycles. The summed E-state index contributed by atoms with van der Waals surface area (Å²) >= 11 is 0. The van der Waals surface area contributed by atoms with E-state index in [9.17, 15) is 22.8 Å². The maximum Gasteiger partial charge on any atom is 1.00 e. The molecule has 1 aromatic carbocycles. The second-order valence-electron chi connectivity index (χ2n) is 4.34. The van der Waals surface area contributed by atoms with Crippen LogP contribution < -0.4 is 40.6 Å². The first-order valence-corrected chi connectivity index (χ1v) is 6.07. The molecule has 0 bridgehead atoms. The van der Waals surface area contributed by atoms with Crippen LogP contribution in [0.3, 0.4) is 0 Å². The van der Waals surface area contributed by atoms with Crippen molar-refractivity contribution in [3.8, 4) is 0 Å². The first kappa shape index (κ1) is 20.9. The van der Waals surface area contributed by atoms with Crippen molar-refractivity contribution in [1.29, 1.82) is 0 Å². The van der Waals surface area contributed by atoms with Crippen LogP contribution in [0.4, 0.5) is 13.2 Å². The summed E-state index contributed by atoms with van der Waals surface area (Å²) in [6, 6.07) is 7.48. The Bertz CT molecular complexity index is 503. The van der Waals surface area contributed by atoms with Gasteiger partial charge < -0.3 is 17.2 Å². The molecule has 0 heterocycles. The summed E-state index contributed by atoms with van der Waals surface area (Å²) in [7, 11) is 0. The van der Waals surface area contributed by atoms with E-state index in [1.165, 1.54) is 0 Å². The smallest absolute Gasteiger partial charge is 1.00 e. The summed E-state index contributed by atoms with van der Waals surface area (Å²) in [5.74, 6) is -3.08. The number of carbonyl (C=O) groups is 2. The molecule has 5 nitrogen and oxygen atoms in total. The van der Waals surface area contributed by atoms with E-state index in [2.05, 4.69) is 10.1 Å². The van der Waals surface area contributed by atoms with Crippen molar-refractivity contribution >= 4 is 11.9 Å². The van der Waals surface area contributed by atoms with Crippen molar-refractivity contribution in [3.63, 3.8) is 0 Å². The third-order valence-corrected chi connectivity index (χ3v) is 2.64. The number of hydrogen-bond donors (Lipinski definition) is 2. The minimum Gasteiger partial charge on any atom is -1.00 e. The number of alkyl halides is 3. The van der Waals surface area contributed by atoms with Gasteiger partial charge in [-0.3, -0.25) is 4.79 Å². The third-order valence-electron chi connectivity index (χ3n) is 2.64. The number of carbonyl (C=O) groups excluding carboxylic acids is 2. The number of nitrogens with two attached hydrogens (primary N) is 1. The Kier molecular flexibility index (Phi) is 8.69. The molecular formula is C13H16F3N2NaO3. The molecule has 0 aliphatic heterocycles. The zero-order chi connectivity index (χ0) is 16.0. The normalized spacial score (nSPS) is 13.5. The van der Waals surface area contributed by atoms with Crippen LogP contribution in [0.25, 0.3) is 0 Å². The van der Waals surface area contributed by atoms with Gasteiger partial charge in [-0.15, -0.1) is 0 Å². The van der Waals surface area contributed by atoms with Crippen molar-refractivity contribution in [2.75, 3.05) is 0 Å². The van der Waals surface area contributed by atoms with Gasteiger partial charge in [0.2, 0.25) is 5.91 Å². The predicted octanol–water partition coefficient (Wildman–Crippen LogP) is -1.76. The zero-order valence-corrected chi connectivity index (χ0v) is 14.2. The fraction of sp³-hybridized carbons (Fsp3) is 0.385. The number of benzene rings is 1. The van der Waals surface area contributed by atoms with Gasteiger partial charge in [0.1, 0.15) is 12.1 Å². The predicted molar refractivity (Wildman–Crippen MR) is 69.0 cm³/mol. The quantitative estimate of drug-likeness (QED) is 0.496. The summed E-state index contributed by atoms with van der Waals surface area (Å²) < 4.78 is 40.2. The Labute approximate surface area is 149 Å².